The lowest BCUT2D eigenvalue weighted by atomic mass is 10.1. The van der Waals surface area contributed by atoms with Crippen LogP contribution in [0, 0.1) is 10.1 Å². The van der Waals surface area contributed by atoms with Crippen LogP contribution in [0.5, 0.6) is 0 Å². The van der Waals surface area contributed by atoms with Crippen LogP contribution >= 0.6 is 0 Å². The van der Waals surface area contributed by atoms with Crippen LogP contribution in [-0.2, 0) is 16.0 Å². The molecule has 1 saturated heterocycles. The zero-order valence-corrected chi connectivity index (χ0v) is 11.3. The van der Waals surface area contributed by atoms with Crippen molar-refractivity contribution in [3.63, 3.8) is 0 Å². The number of hydrogen-bond acceptors (Lipinski definition) is 4. The summed E-state index contributed by atoms with van der Waals surface area (Å²) in [6.07, 6.45) is 2.03. The van der Waals surface area contributed by atoms with E-state index in [4.69, 9.17) is 4.74 Å². The molecular weight excluding hydrogens is 260 g/mol. The second kappa shape index (κ2) is 7.00. The highest BCUT2D eigenvalue weighted by atomic mass is 16.6. The van der Waals surface area contributed by atoms with Crippen molar-refractivity contribution >= 4 is 11.6 Å². The molecule has 0 aliphatic carbocycles. The fourth-order valence-corrected chi connectivity index (χ4v) is 2.20. The minimum atomic E-state index is -0.411. The summed E-state index contributed by atoms with van der Waals surface area (Å²) < 4.78 is 5.21. The Balaban J connectivity index is 1.74. The predicted molar refractivity (Wildman–Crippen MR) is 73.4 cm³/mol. The van der Waals surface area contributed by atoms with E-state index >= 15 is 0 Å². The van der Waals surface area contributed by atoms with Crippen molar-refractivity contribution in [1.29, 1.82) is 0 Å². The lowest BCUT2D eigenvalue weighted by Gasteiger charge is -2.26. The van der Waals surface area contributed by atoms with Gasteiger partial charge in [-0.25, -0.2) is 0 Å². The second-order valence-electron chi connectivity index (χ2n) is 4.77. The Morgan fingerprint density at radius 3 is 2.50 bits per heavy atom. The summed E-state index contributed by atoms with van der Waals surface area (Å²) in [5, 5.41) is 10.5. The third-order valence-corrected chi connectivity index (χ3v) is 3.37. The molecule has 108 valence electrons. The molecule has 1 heterocycles. The average molecular weight is 278 g/mol. The Labute approximate surface area is 117 Å². The molecule has 6 nitrogen and oxygen atoms in total. The molecule has 1 aliphatic rings. The summed E-state index contributed by atoms with van der Waals surface area (Å²) in [6, 6.07) is 6.49. The molecule has 0 saturated carbocycles. The Bertz CT molecular complexity index is 467. The third kappa shape index (κ3) is 4.03. The van der Waals surface area contributed by atoms with E-state index in [0.29, 0.717) is 32.7 Å². The number of benzene rings is 1. The smallest absolute Gasteiger partial charge is 0.269 e. The largest absolute Gasteiger partial charge is 0.378 e. The number of nitrogens with zero attached hydrogens (tertiary/aromatic N) is 2. The molecule has 1 aromatic carbocycles. The van der Waals surface area contributed by atoms with Crippen LogP contribution in [-0.4, -0.2) is 42.0 Å². The van der Waals surface area contributed by atoms with Crippen molar-refractivity contribution in [3.05, 3.63) is 39.9 Å². The Morgan fingerprint density at radius 1 is 1.25 bits per heavy atom. The standard InChI is InChI=1S/C14H18N2O4/c17-14(15-8-10-20-11-9-15)3-1-2-12-4-6-13(7-5-12)16(18)19/h4-7H,1-3,8-11H2. The van der Waals surface area contributed by atoms with Gasteiger partial charge in [-0.15, -0.1) is 0 Å². The van der Waals surface area contributed by atoms with Gasteiger partial charge in [0.05, 0.1) is 18.1 Å². The van der Waals surface area contributed by atoms with Gasteiger partial charge in [0.15, 0.2) is 0 Å². The molecule has 1 aliphatic heterocycles. The zero-order valence-electron chi connectivity index (χ0n) is 11.3. The maximum atomic E-state index is 11.9. The zero-order chi connectivity index (χ0) is 14.4. The Kier molecular flexibility index (Phi) is 5.06. The molecule has 6 heteroatoms. The summed E-state index contributed by atoms with van der Waals surface area (Å²) in [6.45, 7) is 2.59. The van der Waals surface area contributed by atoms with Crippen LogP contribution in [0.25, 0.3) is 0 Å². The van der Waals surface area contributed by atoms with Gasteiger partial charge in [-0.05, 0) is 18.4 Å². The SMILES string of the molecule is O=C(CCCc1ccc([N+](=O)[O-])cc1)N1CCOCC1. The molecule has 0 radical (unpaired) electrons. The van der Waals surface area contributed by atoms with E-state index in [2.05, 4.69) is 0 Å². The highest BCUT2D eigenvalue weighted by Gasteiger charge is 2.16. The van der Waals surface area contributed by atoms with E-state index in [1.807, 2.05) is 4.90 Å². The third-order valence-electron chi connectivity index (χ3n) is 3.37. The maximum Gasteiger partial charge on any atom is 0.269 e. The monoisotopic (exact) mass is 278 g/mol. The quantitative estimate of drug-likeness (QED) is 0.608. The predicted octanol–water partition coefficient (Wildman–Crippen LogP) is 1.78. The average Bonchev–Trinajstić information content (AvgIpc) is 2.48. The van der Waals surface area contributed by atoms with E-state index in [-0.39, 0.29) is 11.6 Å². The number of morpholine rings is 1. The minimum absolute atomic E-state index is 0.0955. The van der Waals surface area contributed by atoms with Gasteiger partial charge in [-0.1, -0.05) is 12.1 Å². The van der Waals surface area contributed by atoms with Crippen molar-refractivity contribution in [2.24, 2.45) is 0 Å². The molecule has 0 atom stereocenters. The Morgan fingerprint density at radius 2 is 1.90 bits per heavy atom. The number of carbonyl (C=O) groups excluding carboxylic acids is 1. The van der Waals surface area contributed by atoms with Gasteiger partial charge >= 0.3 is 0 Å². The number of aryl methyl sites for hydroxylation is 1. The number of rotatable bonds is 5. The van der Waals surface area contributed by atoms with Crippen molar-refractivity contribution < 1.29 is 14.5 Å². The van der Waals surface area contributed by atoms with E-state index in [0.717, 1.165) is 18.4 Å². The van der Waals surface area contributed by atoms with Crippen LogP contribution in [0.2, 0.25) is 0 Å². The van der Waals surface area contributed by atoms with Gasteiger partial charge < -0.3 is 9.64 Å². The topological polar surface area (TPSA) is 72.7 Å². The normalized spacial score (nSPS) is 15.1. The first kappa shape index (κ1) is 14.5. The lowest BCUT2D eigenvalue weighted by Crippen LogP contribution is -2.40. The molecule has 1 aromatic rings. The number of nitro groups is 1. The molecule has 0 bridgehead atoms. The van der Waals surface area contributed by atoms with Crippen molar-refractivity contribution in [2.75, 3.05) is 26.3 Å². The molecule has 0 unspecified atom stereocenters. The van der Waals surface area contributed by atoms with E-state index in [1.54, 1.807) is 12.1 Å². The molecule has 0 aromatic heterocycles. The van der Waals surface area contributed by atoms with Gasteiger partial charge in [-0.3, -0.25) is 14.9 Å². The van der Waals surface area contributed by atoms with Crippen LogP contribution < -0.4 is 0 Å². The molecule has 1 fully saturated rings. The summed E-state index contributed by atoms with van der Waals surface area (Å²) in [7, 11) is 0. The summed E-state index contributed by atoms with van der Waals surface area (Å²) in [4.78, 5) is 23.9. The lowest BCUT2D eigenvalue weighted by molar-refractivity contribution is -0.384. The van der Waals surface area contributed by atoms with Gasteiger partial charge in [0, 0.05) is 31.6 Å². The first-order valence-electron chi connectivity index (χ1n) is 6.75. The first-order chi connectivity index (χ1) is 9.66. The number of carbonyl (C=O) groups is 1. The van der Waals surface area contributed by atoms with E-state index < -0.39 is 4.92 Å². The number of nitro benzene ring substituents is 1. The molecule has 1 amide bonds. The molecule has 20 heavy (non-hydrogen) atoms. The number of hydrogen-bond donors (Lipinski definition) is 0. The fourth-order valence-electron chi connectivity index (χ4n) is 2.20. The number of ether oxygens (including phenoxy) is 1. The summed E-state index contributed by atoms with van der Waals surface area (Å²) in [5.41, 5.74) is 1.11. The molecule has 0 N–H and O–H groups in total. The van der Waals surface area contributed by atoms with Crippen molar-refractivity contribution in [1.82, 2.24) is 4.90 Å². The highest BCUT2D eigenvalue weighted by molar-refractivity contribution is 5.76. The number of non-ortho nitro benzene ring substituents is 1. The van der Waals surface area contributed by atoms with Crippen molar-refractivity contribution in [3.8, 4) is 0 Å². The summed E-state index contributed by atoms with van der Waals surface area (Å²) in [5.74, 6) is 0.162. The van der Waals surface area contributed by atoms with Crippen LogP contribution in [0.15, 0.2) is 24.3 Å². The van der Waals surface area contributed by atoms with E-state index in [9.17, 15) is 14.9 Å². The first-order valence-corrected chi connectivity index (χ1v) is 6.75. The fraction of sp³-hybridized carbons (Fsp3) is 0.500. The van der Waals surface area contributed by atoms with Crippen LogP contribution in [0.1, 0.15) is 18.4 Å². The van der Waals surface area contributed by atoms with Crippen LogP contribution in [0.4, 0.5) is 5.69 Å². The van der Waals surface area contributed by atoms with Crippen LogP contribution in [0.3, 0.4) is 0 Å². The molecule has 0 spiro atoms. The van der Waals surface area contributed by atoms with Gasteiger partial charge in [0.2, 0.25) is 5.91 Å². The van der Waals surface area contributed by atoms with Gasteiger partial charge in [0.25, 0.3) is 5.69 Å². The number of amides is 1. The van der Waals surface area contributed by atoms with Crippen molar-refractivity contribution in [2.45, 2.75) is 19.3 Å². The summed E-state index contributed by atoms with van der Waals surface area (Å²) >= 11 is 0. The molecule has 2 rings (SSSR count). The minimum Gasteiger partial charge on any atom is -0.378 e. The molecular formula is C14H18N2O4. The Hall–Kier alpha value is -1.95. The second-order valence-corrected chi connectivity index (χ2v) is 4.77. The maximum absolute atomic E-state index is 11.9. The van der Waals surface area contributed by atoms with Gasteiger partial charge in [-0.2, -0.15) is 0 Å². The highest BCUT2D eigenvalue weighted by Crippen LogP contribution is 2.14. The van der Waals surface area contributed by atoms with Gasteiger partial charge in [0.1, 0.15) is 0 Å². The van der Waals surface area contributed by atoms with E-state index in [1.165, 1.54) is 12.1 Å².